The summed E-state index contributed by atoms with van der Waals surface area (Å²) in [5.74, 6) is 0.603. The van der Waals surface area contributed by atoms with Crippen LogP contribution in [0.3, 0.4) is 0 Å². The van der Waals surface area contributed by atoms with E-state index in [1.54, 1.807) is 22.2 Å². The number of amides is 1. The number of halogens is 2. The fourth-order valence-corrected chi connectivity index (χ4v) is 6.71. The maximum Gasteiger partial charge on any atom is 0.410 e. The molecule has 6 rings (SSSR count). The van der Waals surface area contributed by atoms with E-state index in [2.05, 4.69) is 14.7 Å². The average Bonchev–Trinajstić information content (AvgIpc) is 3.44. The molecule has 1 aromatic heterocycles. The highest BCUT2D eigenvalue weighted by Crippen LogP contribution is 2.43. The Morgan fingerprint density at radius 3 is 2.69 bits per heavy atom. The number of hydrogen-bond acceptors (Lipinski definition) is 7. The molecule has 4 aliphatic heterocycles. The number of ether oxygens (including phenoxy) is 2. The van der Waals surface area contributed by atoms with Crippen LogP contribution < -0.4 is 4.90 Å². The molecule has 4 aliphatic rings. The van der Waals surface area contributed by atoms with Crippen molar-refractivity contribution in [2.45, 2.75) is 89.8 Å². The topological polar surface area (TPSA) is 75.4 Å². The molecule has 0 spiro atoms. The van der Waals surface area contributed by atoms with Crippen molar-refractivity contribution in [2.75, 3.05) is 44.8 Å². The van der Waals surface area contributed by atoms with Gasteiger partial charge in [0.15, 0.2) is 5.82 Å². The molecule has 0 bridgehead atoms. The summed E-state index contributed by atoms with van der Waals surface area (Å²) in [6, 6.07) is 3.85. The molecule has 1 aromatic carbocycles. The van der Waals surface area contributed by atoms with E-state index >= 15 is 0 Å². The first-order chi connectivity index (χ1) is 20.1. The summed E-state index contributed by atoms with van der Waals surface area (Å²) in [5, 5.41) is 11.3. The summed E-state index contributed by atoms with van der Waals surface area (Å²) in [6.07, 6.45) is 3.99. The molecule has 1 amide bonds. The van der Waals surface area contributed by atoms with Crippen molar-refractivity contribution in [3.63, 3.8) is 0 Å². The van der Waals surface area contributed by atoms with E-state index in [1.165, 1.54) is 0 Å². The van der Waals surface area contributed by atoms with E-state index < -0.39 is 12.0 Å². The van der Waals surface area contributed by atoms with Crippen molar-refractivity contribution >= 4 is 23.8 Å². The van der Waals surface area contributed by atoms with Crippen molar-refractivity contribution in [3.8, 4) is 0 Å². The molecule has 0 radical (unpaired) electrons. The third-order valence-electron chi connectivity index (χ3n) is 8.68. The lowest BCUT2D eigenvalue weighted by atomic mass is 9.89. The number of fused-ring (bicyclic) bond motifs is 2. The van der Waals surface area contributed by atoms with Crippen LogP contribution in [0, 0.1) is 0 Å². The molecular weight excluding hydrogens is 542 g/mol. The van der Waals surface area contributed by atoms with E-state index in [1.807, 2.05) is 33.9 Å². The van der Waals surface area contributed by atoms with E-state index in [4.69, 9.17) is 14.6 Å². The quantitative estimate of drug-likeness (QED) is 0.442. The number of rotatable bonds is 4. The van der Waals surface area contributed by atoms with Gasteiger partial charge in [0.05, 0.1) is 12.6 Å². The fourth-order valence-electron chi connectivity index (χ4n) is 6.71. The van der Waals surface area contributed by atoms with Crippen LogP contribution in [0.2, 0.25) is 0 Å². The van der Waals surface area contributed by atoms with Gasteiger partial charge in [0.1, 0.15) is 5.60 Å². The summed E-state index contributed by atoms with van der Waals surface area (Å²) in [7, 11) is 1.86. The Labute approximate surface area is 246 Å². The number of alkyl halides is 2. The molecule has 0 saturated carbocycles. The first-order valence-electron chi connectivity index (χ1n) is 15.2. The molecule has 2 atom stereocenters. The van der Waals surface area contributed by atoms with E-state index in [0.29, 0.717) is 44.8 Å². The second-order valence-electron chi connectivity index (χ2n) is 12.9. The van der Waals surface area contributed by atoms with Gasteiger partial charge in [-0.05, 0) is 70.1 Å². The molecule has 1 fully saturated rings. The number of hydrogen-bond donors (Lipinski definition) is 0. The SMILES string of the molecule is CN1CC(c2cc3c(cc2C(F)F)N(c2nn(C4CCCOCC4)c4c2CN(C(=O)OC(C)(C)C)CC4)CCC3)C=N1. The van der Waals surface area contributed by atoms with Gasteiger partial charge in [0, 0.05) is 81.0 Å². The van der Waals surface area contributed by atoms with Gasteiger partial charge in [-0.1, -0.05) is 6.07 Å². The molecule has 9 nitrogen and oxygen atoms in total. The van der Waals surface area contributed by atoms with E-state index in [9.17, 15) is 13.6 Å². The average molecular weight is 585 g/mol. The Morgan fingerprint density at radius 2 is 1.95 bits per heavy atom. The zero-order chi connectivity index (χ0) is 29.6. The van der Waals surface area contributed by atoms with Gasteiger partial charge in [0.2, 0.25) is 0 Å². The highest BCUT2D eigenvalue weighted by atomic mass is 19.3. The summed E-state index contributed by atoms with van der Waals surface area (Å²) in [6.45, 7) is 9.22. The minimum absolute atomic E-state index is 0.0528. The second kappa shape index (κ2) is 11.5. The molecule has 0 N–H and O–H groups in total. The largest absolute Gasteiger partial charge is 0.444 e. The lowest BCUT2D eigenvalue weighted by Gasteiger charge is -2.34. The van der Waals surface area contributed by atoms with Crippen LogP contribution >= 0.6 is 0 Å². The zero-order valence-electron chi connectivity index (χ0n) is 25.1. The zero-order valence-corrected chi connectivity index (χ0v) is 25.1. The number of likely N-dealkylation sites (N-methyl/N-ethyl adjacent to an activating group) is 1. The predicted octanol–water partition coefficient (Wildman–Crippen LogP) is 5.95. The first-order valence-corrected chi connectivity index (χ1v) is 15.2. The maximum atomic E-state index is 14.5. The highest BCUT2D eigenvalue weighted by molar-refractivity contribution is 5.75. The molecule has 5 heterocycles. The van der Waals surface area contributed by atoms with Crippen molar-refractivity contribution in [1.29, 1.82) is 0 Å². The third kappa shape index (κ3) is 5.72. The van der Waals surface area contributed by atoms with Gasteiger partial charge in [0.25, 0.3) is 6.43 Å². The van der Waals surface area contributed by atoms with Gasteiger partial charge >= 0.3 is 6.09 Å². The van der Waals surface area contributed by atoms with Gasteiger partial charge in [-0.3, -0.25) is 9.69 Å². The Balaban J connectivity index is 1.41. The van der Waals surface area contributed by atoms with Crippen LogP contribution in [0.4, 0.5) is 25.1 Å². The summed E-state index contributed by atoms with van der Waals surface area (Å²) in [4.78, 5) is 17.0. The highest BCUT2D eigenvalue weighted by Gasteiger charge is 2.36. The monoisotopic (exact) mass is 584 g/mol. The Morgan fingerprint density at radius 1 is 1.12 bits per heavy atom. The number of anilines is 2. The first kappa shape index (κ1) is 28.9. The molecule has 0 aliphatic carbocycles. The number of aryl methyl sites for hydroxylation is 1. The van der Waals surface area contributed by atoms with Gasteiger partial charge < -0.3 is 19.3 Å². The number of carbonyl (C=O) groups is 1. The smallest absolute Gasteiger partial charge is 0.410 e. The van der Waals surface area contributed by atoms with Crippen molar-refractivity contribution in [3.05, 3.63) is 40.1 Å². The standard InChI is InChI=1S/C31H42F2N6O3/c1-31(2,3)42-30(40)37-12-9-26-25(19-37)29(35-39(26)22-8-6-13-41-14-10-22)38-11-5-7-20-15-23(21-17-34-36(4)18-21)24(28(32)33)16-27(20)38/h15-17,21-22,28H,5-14,18-19H2,1-4H3. The van der Waals surface area contributed by atoms with Gasteiger partial charge in [-0.2, -0.15) is 10.2 Å². The number of hydrazone groups is 1. The molecule has 11 heteroatoms. The Hall–Kier alpha value is -3.21. The molecule has 42 heavy (non-hydrogen) atoms. The maximum absolute atomic E-state index is 14.5. The minimum atomic E-state index is -2.60. The Bertz CT molecular complexity index is 1350. The number of nitrogens with zero attached hydrogens (tertiary/aromatic N) is 6. The fraction of sp³-hybridized carbons (Fsp3) is 0.645. The third-order valence-corrected chi connectivity index (χ3v) is 8.68. The van der Waals surface area contributed by atoms with Crippen molar-refractivity contribution < 1.29 is 23.0 Å². The van der Waals surface area contributed by atoms with E-state index in [-0.39, 0.29) is 23.6 Å². The molecular formula is C31H42F2N6O3. The minimum Gasteiger partial charge on any atom is -0.444 e. The summed E-state index contributed by atoms with van der Waals surface area (Å²) >= 11 is 0. The molecule has 2 unspecified atom stereocenters. The van der Waals surface area contributed by atoms with Gasteiger partial charge in [-0.15, -0.1) is 0 Å². The lowest BCUT2D eigenvalue weighted by molar-refractivity contribution is 0.0222. The lowest BCUT2D eigenvalue weighted by Crippen LogP contribution is -2.40. The second-order valence-corrected chi connectivity index (χ2v) is 12.9. The summed E-state index contributed by atoms with van der Waals surface area (Å²) < 4.78 is 42.7. The van der Waals surface area contributed by atoms with E-state index in [0.717, 1.165) is 67.0 Å². The number of benzene rings is 1. The van der Waals surface area contributed by atoms with Crippen LogP contribution in [-0.4, -0.2) is 77.5 Å². The van der Waals surface area contributed by atoms with Crippen molar-refractivity contribution in [2.24, 2.45) is 5.10 Å². The van der Waals surface area contributed by atoms with Crippen LogP contribution in [0.25, 0.3) is 0 Å². The predicted molar refractivity (Wildman–Crippen MR) is 157 cm³/mol. The van der Waals surface area contributed by atoms with Crippen LogP contribution in [0.15, 0.2) is 17.2 Å². The molecule has 2 aromatic rings. The van der Waals surface area contributed by atoms with Crippen LogP contribution in [0.1, 0.15) is 92.8 Å². The van der Waals surface area contributed by atoms with Crippen LogP contribution in [0.5, 0.6) is 0 Å². The normalized spacial score (nSPS) is 22.8. The molecule has 228 valence electrons. The van der Waals surface area contributed by atoms with Crippen molar-refractivity contribution in [1.82, 2.24) is 19.7 Å². The molecule has 1 saturated heterocycles. The summed E-state index contributed by atoms with van der Waals surface area (Å²) in [5.41, 5.74) is 4.05. The Kier molecular flexibility index (Phi) is 7.89. The number of carbonyl (C=O) groups excluding carboxylic acids is 1. The van der Waals surface area contributed by atoms with Crippen LogP contribution in [-0.2, 0) is 28.9 Å². The van der Waals surface area contributed by atoms with Gasteiger partial charge in [-0.25, -0.2) is 13.6 Å². The number of aromatic nitrogens is 2.